The molecule has 0 atom stereocenters. The highest BCUT2D eigenvalue weighted by molar-refractivity contribution is 6.28. The second-order valence-corrected chi connectivity index (χ2v) is 10.7. The lowest BCUT2D eigenvalue weighted by Gasteiger charge is -2.21. The maximum Gasteiger partial charge on any atom is 0.339 e. The molecule has 1 aliphatic heterocycles. The molecule has 0 bridgehead atoms. The van der Waals surface area contributed by atoms with Gasteiger partial charge in [0.15, 0.2) is 0 Å². The Labute approximate surface area is 260 Å². The Kier molecular flexibility index (Phi) is 9.79. The van der Waals surface area contributed by atoms with Crippen molar-refractivity contribution in [2.24, 2.45) is 0 Å². The highest BCUT2D eigenvalue weighted by Crippen LogP contribution is 2.25. The lowest BCUT2D eigenvalue weighted by molar-refractivity contribution is -0.150. The largest absolute Gasteiger partial charge is 0.462 e. The van der Waals surface area contributed by atoms with Gasteiger partial charge in [0.1, 0.15) is 17.6 Å². The molecule has 0 saturated heterocycles. The van der Waals surface area contributed by atoms with E-state index >= 15 is 0 Å². The SMILES string of the molecule is C=C(CC(=O)OC1CCCCC1)C(=O)Oc1ccc(-c2ccc(/C=C/C(=O)Oc3ccc(N4C(=O)C=CC4=O)cc3)cc2)cc1. The van der Waals surface area contributed by atoms with Crippen molar-refractivity contribution in [2.75, 3.05) is 4.90 Å². The number of ether oxygens (including phenoxy) is 3. The van der Waals surface area contributed by atoms with Gasteiger partial charge in [0.2, 0.25) is 0 Å². The third-order valence-corrected chi connectivity index (χ3v) is 7.34. The molecule has 1 aliphatic carbocycles. The highest BCUT2D eigenvalue weighted by atomic mass is 16.5. The summed E-state index contributed by atoms with van der Waals surface area (Å²) in [6.45, 7) is 3.69. The van der Waals surface area contributed by atoms with Gasteiger partial charge >= 0.3 is 17.9 Å². The molecule has 9 heteroatoms. The van der Waals surface area contributed by atoms with Gasteiger partial charge in [0.05, 0.1) is 12.1 Å². The molecule has 9 nitrogen and oxygen atoms in total. The van der Waals surface area contributed by atoms with Crippen LogP contribution in [0.25, 0.3) is 17.2 Å². The normalized spacial score (nSPS) is 14.9. The second kappa shape index (κ2) is 14.3. The van der Waals surface area contributed by atoms with E-state index < -0.39 is 29.7 Å². The molecule has 2 amide bonds. The molecule has 0 unspecified atom stereocenters. The number of nitrogens with zero attached hydrogens (tertiary/aromatic N) is 1. The monoisotopic (exact) mass is 605 g/mol. The van der Waals surface area contributed by atoms with Gasteiger partial charge in [-0.25, -0.2) is 14.5 Å². The summed E-state index contributed by atoms with van der Waals surface area (Å²) in [6, 6.07) is 20.5. The van der Waals surface area contributed by atoms with Crippen molar-refractivity contribution in [3.8, 4) is 22.6 Å². The first-order chi connectivity index (χ1) is 21.7. The van der Waals surface area contributed by atoms with Crippen molar-refractivity contribution in [1.82, 2.24) is 0 Å². The van der Waals surface area contributed by atoms with E-state index in [1.54, 1.807) is 18.2 Å². The molecule has 5 rings (SSSR count). The highest BCUT2D eigenvalue weighted by Gasteiger charge is 2.25. The number of benzene rings is 3. The molecular formula is C36H31NO8. The number of imide groups is 1. The fourth-order valence-electron chi connectivity index (χ4n) is 4.97. The van der Waals surface area contributed by atoms with Crippen LogP contribution in [0.5, 0.6) is 11.5 Å². The predicted molar refractivity (Wildman–Crippen MR) is 167 cm³/mol. The molecule has 2 aliphatic rings. The van der Waals surface area contributed by atoms with Crippen molar-refractivity contribution in [2.45, 2.75) is 44.6 Å². The summed E-state index contributed by atoms with van der Waals surface area (Å²) in [6.07, 6.45) is 9.98. The minimum atomic E-state index is -0.678. The maximum atomic E-state index is 12.4. The van der Waals surface area contributed by atoms with E-state index in [1.165, 1.54) is 42.5 Å². The van der Waals surface area contributed by atoms with Crippen LogP contribution in [-0.2, 0) is 28.7 Å². The number of hydrogen-bond donors (Lipinski definition) is 0. The summed E-state index contributed by atoms with van der Waals surface area (Å²) in [7, 11) is 0. The van der Waals surface area contributed by atoms with Crippen LogP contribution in [0, 0.1) is 0 Å². The third kappa shape index (κ3) is 8.29. The molecule has 0 radical (unpaired) electrons. The van der Waals surface area contributed by atoms with Crippen LogP contribution in [0.1, 0.15) is 44.1 Å². The molecule has 3 aromatic carbocycles. The van der Waals surface area contributed by atoms with E-state index in [2.05, 4.69) is 6.58 Å². The van der Waals surface area contributed by atoms with Crippen molar-refractivity contribution < 1.29 is 38.2 Å². The minimum absolute atomic E-state index is 0.0380. The smallest absolute Gasteiger partial charge is 0.339 e. The van der Waals surface area contributed by atoms with E-state index in [1.807, 2.05) is 36.4 Å². The van der Waals surface area contributed by atoms with Crippen LogP contribution < -0.4 is 14.4 Å². The molecule has 3 aromatic rings. The standard InChI is InChI=1S/C36H31NO8/c1-24(23-35(41)44-29-5-3-2-4-6-29)36(42)45-31-16-12-27(13-17-31)26-10-7-25(8-11-26)9-22-34(40)43-30-18-14-28(15-19-30)37-32(38)20-21-33(37)39/h7-22,29H,1-6,23H2/b22-9+. The first-order valence-electron chi connectivity index (χ1n) is 14.6. The van der Waals surface area contributed by atoms with Crippen molar-refractivity contribution in [1.29, 1.82) is 0 Å². The summed E-state index contributed by atoms with van der Waals surface area (Å²) in [5, 5.41) is 0. The van der Waals surface area contributed by atoms with Crippen molar-refractivity contribution in [3.05, 3.63) is 109 Å². The van der Waals surface area contributed by atoms with Crippen LogP contribution >= 0.6 is 0 Å². The molecule has 1 saturated carbocycles. The van der Waals surface area contributed by atoms with Crippen LogP contribution in [0.3, 0.4) is 0 Å². The Balaban J connectivity index is 1.09. The zero-order valence-corrected chi connectivity index (χ0v) is 24.5. The number of anilines is 1. The van der Waals surface area contributed by atoms with Crippen LogP contribution in [0.2, 0.25) is 0 Å². The molecule has 1 heterocycles. The fourth-order valence-corrected chi connectivity index (χ4v) is 4.97. The number of carbonyl (C=O) groups excluding carboxylic acids is 5. The molecule has 45 heavy (non-hydrogen) atoms. The Morgan fingerprint density at radius 1 is 0.756 bits per heavy atom. The Morgan fingerprint density at radius 2 is 1.31 bits per heavy atom. The Hall–Kier alpha value is -5.57. The van der Waals surface area contributed by atoms with Crippen LogP contribution in [0.15, 0.2) is 103 Å². The summed E-state index contributed by atoms with van der Waals surface area (Å²) < 4.78 is 16.1. The lowest BCUT2D eigenvalue weighted by atomic mass is 9.98. The number of hydrogen-bond acceptors (Lipinski definition) is 8. The van der Waals surface area contributed by atoms with E-state index in [0.29, 0.717) is 11.4 Å². The summed E-state index contributed by atoms with van der Waals surface area (Å²) >= 11 is 0. The molecule has 0 spiro atoms. The van der Waals surface area contributed by atoms with Crippen LogP contribution in [-0.4, -0.2) is 35.8 Å². The van der Waals surface area contributed by atoms with Gasteiger partial charge < -0.3 is 14.2 Å². The molecule has 1 fully saturated rings. The van der Waals surface area contributed by atoms with Gasteiger partial charge in [-0.15, -0.1) is 0 Å². The Bertz CT molecular complexity index is 1640. The third-order valence-electron chi connectivity index (χ3n) is 7.34. The average molecular weight is 606 g/mol. The lowest BCUT2D eigenvalue weighted by Crippen LogP contribution is -2.29. The van der Waals surface area contributed by atoms with Crippen molar-refractivity contribution >= 4 is 41.5 Å². The van der Waals surface area contributed by atoms with Gasteiger partial charge in [-0.1, -0.05) is 49.4 Å². The maximum absolute atomic E-state index is 12.4. The molecule has 0 N–H and O–H groups in total. The summed E-state index contributed by atoms with van der Waals surface area (Å²) in [5.41, 5.74) is 2.99. The van der Waals surface area contributed by atoms with E-state index in [4.69, 9.17) is 14.2 Å². The first-order valence-corrected chi connectivity index (χ1v) is 14.6. The zero-order chi connectivity index (χ0) is 31.8. The number of carbonyl (C=O) groups is 5. The van der Waals surface area contributed by atoms with E-state index in [9.17, 15) is 24.0 Å². The van der Waals surface area contributed by atoms with E-state index in [-0.39, 0.29) is 23.8 Å². The van der Waals surface area contributed by atoms with Gasteiger partial charge in [0, 0.05) is 23.8 Å². The van der Waals surface area contributed by atoms with Crippen molar-refractivity contribution in [3.63, 3.8) is 0 Å². The van der Waals surface area contributed by atoms with Gasteiger partial charge in [0.25, 0.3) is 11.8 Å². The molecular weight excluding hydrogens is 574 g/mol. The van der Waals surface area contributed by atoms with Gasteiger partial charge in [-0.05, 0) is 84.8 Å². The van der Waals surface area contributed by atoms with Gasteiger partial charge in [-0.2, -0.15) is 0 Å². The number of amides is 2. The number of rotatable bonds is 10. The first kappa shape index (κ1) is 30.9. The summed E-state index contributed by atoms with van der Waals surface area (Å²) in [4.78, 5) is 61.5. The fraction of sp³-hybridized carbons (Fsp3) is 0.194. The average Bonchev–Trinajstić information content (AvgIpc) is 3.38. The molecule has 0 aromatic heterocycles. The van der Waals surface area contributed by atoms with E-state index in [0.717, 1.165) is 53.7 Å². The predicted octanol–water partition coefficient (Wildman–Crippen LogP) is 6.13. The van der Waals surface area contributed by atoms with Gasteiger partial charge in [-0.3, -0.25) is 14.4 Å². The second-order valence-electron chi connectivity index (χ2n) is 10.7. The zero-order valence-electron chi connectivity index (χ0n) is 24.5. The number of esters is 3. The Morgan fingerprint density at radius 3 is 1.93 bits per heavy atom. The molecule has 228 valence electrons. The topological polar surface area (TPSA) is 116 Å². The summed E-state index contributed by atoms with van der Waals surface area (Å²) in [5.74, 6) is -1.99. The van der Waals surface area contributed by atoms with Crippen LogP contribution in [0.4, 0.5) is 5.69 Å². The quantitative estimate of drug-likeness (QED) is 0.117. The minimum Gasteiger partial charge on any atom is -0.462 e.